The molecular weight excluding hydrogens is 451 g/mol. The lowest BCUT2D eigenvalue weighted by atomic mass is 10.1. The molecule has 2 aromatic carbocycles. The number of sulfonamides is 1. The number of fused-ring (bicyclic) bond motifs is 1. The number of ether oxygens (including phenoxy) is 2. The van der Waals surface area contributed by atoms with E-state index in [9.17, 15) is 22.4 Å². The third-order valence-corrected chi connectivity index (χ3v) is 6.63. The normalized spacial score (nSPS) is 11.9. The van der Waals surface area contributed by atoms with Crippen LogP contribution in [0.3, 0.4) is 0 Å². The maximum absolute atomic E-state index is 13.9. The summed E-state index contributed by atoms with van der Waals surface area (Å²) in [5.74, 6) is -0.513. The SMILES string of the molecule is CCN(C(=O)OC)S(=O)(=O)c1ccc(-c2cn(C(=O)OC(C)(C)C)c3cc(F)ccc23)cc1. The molecule has 33 heavy (non-hydrogen) atoms. The van der Waals surface area contributed by atoms with Gasteiger partial charge in [-0.15, -0.1) is 0 Å². The van der Waals surface area contributed by atoms with Gasteiger partial charge in [-0.2, -0.15) is 0 Å². The third kappa shape index (κ3) is 4.85. The second kappa shape index (κ2) is 8.86. The molecule has 0 aliphatic heterocycles. The van der Waals surface area contributed by atoms with Gasteiger partial charge in [-0.1, -0.05) is 12.1 Å². The molecule has 0 atom stereocenters. The average Bonchev–Trinajstić information content (AvgIpc) is 3.11. The molecule has 3 aromatic rings. The number of carbonyl (C=O) groups is 2. The number of nitrogens with zero attached hydrogens (tertiary/aromatic N) is 2. The van der Waals surface area contributed by atoms with E-state index in [0.29, 0.717) is 26.3 Å². The van der Waals surface area contributed by atoms with Crippen molar-refractivity contribution < 1.29 is 31.9 Å². The number of carbonyl (C=O) groups excluding carboxylic acids is 2. The molecule has 0 radical (unpaired) electrons. The molecule has 0 bridgehead atoms. The second-order valence-corrected chi connectivity index (χ2v) is 10.1. The molecule has 1 heterocycles. The van der Waals surface area contributed by atoms with Crippen molar-refractivity contribution in [2.24, 2.45) is 0 Å². The van der Waals surface area contributed by atoms with Crippen LogP contribution in [0.2, 0.25) is 0 Å². The van der Waals surface area contributed by atoms with Gasteiger partial charge in [-0.25, -0.2) is 26.7 Å². The molecular formula is C23H25FN2O6S. The van der Waals surface area contributed by atoms with Crippen molar-refractivity contribution in [3.63, 3.8) is 0 Å². The summed E-state index contributed by atoms with van der Waals surface area (Å²) in [6, 6.07) is 9.87. The van der Waals surface area contributed by atoms with Crippen LogP contribution in [0.4, 0.5) is 14.0 Å². The van der Waals surface area contributed by atoms with Crippen LogP contribution in [0.25, 0.3) is 22.0 Å². The van der Waals surface area contributed by atoms with Gasteiger partial charge in [0.25, 0.3) is 10.0 Å². The molecule has 0 N–H and O–H groups in total. The zero-order valence-corrected chi connectivity index (χ0v) is 19.8. The van der Waals surface area contributed by atoms with E-state index in [2.05, 4.69) is 4.74 Å². The van der Waals surface area contributed by atoms with Crippen LogP contribution < -0.4 is 0 Å². The number of benzene rings is 2. The van der Waals surface area contributed by atoms with Gasteiger partial charge in [-0.05, 0) is 63.6 Å². The highest BCUT2D eigenvalue weighted by Crippen LogP contribution is 2.33. The lowest BCUT2D eigenvalue weighted by Gasteiger charge is -2.19. The van der Waals surface area contributed by atoms with Crippen LogP contribution >= 0.6 is 0 Å². The van der Waals surface area contributed by atoms with E-state index in [1.807, 2.05) is 0 Å². The minimum absolute atomic E-state index is 0.0916. The molecule has 176 valence electrons. The van der Waals surface area contributed by atoms with E-state index in [1.54, 1.807) is 39.0 Å². The number of methoxy groups -OCH3 is 1. The molecule has 1 amide bonds. The van der Waals surface area contributed by atoms with Crippen LogP contribution in [0.5, 0.6) is 0 Å². The van der Waals surface area contributed by atoms with Gasteiger partial charge < -0.3 is 9.47 Å². The van der Waals surface area contributed by atoms with Gasteiger partial charge in [-0.3, -0.25) is 4.57 Å². The zero-order valence-electron chi connectivity index (χ0n) is 19.0. The van der Waals surface area contributed by atoms with E-state index < -0.39 is 33.6 Å². The van der Waals surface area contributed by atoms with Gasteiger partial charge in [0.15, 0.2) is 0 Å². The summed E-state index contributed by atoms with van der Waals surface area (Å²) in [7, 11) is -3.00. The van der Waals surface area contributed by atoms with E-state index in [-0.39, 0.29) is 11.4 Å². The summed E-state index contributed by atoms with van der Waals surface area (Å²) in [5, 5.41) is 0.586. The van der Waals surface area contributed by atoms with E-state index >= 15 is 0 Å². The van der Waals surface area contributed by atoms with Crippen molar-refractivity contribution in [3.8, 4) is 11.1 Å². The maximum Gasteiger partial charge on any atom is 0.423 e. The van der Waals surface area contributed by atoms with Gasteiger partial charge in [0.05, 0.1) is 17.5 Å². The standard InChI is InChI=1S/C23H25FN2O6S/c1-6-26(22(28)31-5)33(29,30)17-10-7-15(8-11-17)19-14-25(21(27)32-23(2,3)4)20-13-16(24)9-12-18(19)20/h7-14H,6H2,1-5H3. The Morgan fingerprint density at radius 3 is 2.27 bits per heavy atom. The molecule has 1 aromatic heterocycles. The Balaban J connectivity index is 2.07. The summed E-state index contributed by atoms with van der Waals surface area (Å²) in [5.41, 5.74) is 0.745. The van der Waals surface area contributed by atoms with Crippen molar-refractivity contribution >= 4 is 33.1 Å². The molecule has 0 spiro atoms. The van der Waals surface area contributed by atoms with Crippen LogP contribution in [-0.2, 0) is 19.5 Å². The van der Waals surface area contributed by atoms with Crippen LogP contribution in [0.15, 0.2) is 53.6 Å². The first-order valence-corrected chi connectivity index (χ1v) is 11.6. The van der Waals surface area contributed by atoms with Crippen molar-refractivity contribution in [3.05, 3.63) is 54.5 Å². The number of hydrogen-bond acceptors (Lipinski definition) is 6. The molecule has 8 nitrogen and oxygen atoms in total. The van der Waals surface area contributed by atoms with E-state index in [4.69, 9.17) is 4.74 Å². The van der Waals surface area contributed by atoms with Gasteiger partial charge in [0.1, 0.15) is 11.4 Å². The van der Waals surface area contributed by atoms with Gasteiger partial charge >= 0.3 is 12.2 Å². The van der Waals surface area contributed by atoms with Gasteiger partial charge in [0, 0.05) is 23.7 Å². The summed E-state index contributed by atoms with van der Waals surface area (Å²) < 4.78 is 51.4. The zero-order chi connectivity index (χ0) is 24.6. The fourth-order valence-corrected chi connectivity index (χ4v) is 4.67. The lowest BCUT2D eigenvalue weighted by Crippen LogP contribution is -2.36. The van der Waals surface area contributed by atoms with Gasteiger partial charge in [0.2, 0.25) is 0 Å². The van der Waals surface area contributed by atoms with E-state index in [0.717, 1.165) is 7.11 Å². The minimum atomic E-state index is -4.11. The largest absolute Gasteiger partial charge is 0.452 e. The molecule has 0 saturated heterocycles. The summed E-state index contributed by atoms with van der Waals surface area (Å²) in [6.45, 7) is 6.61. The highest BCUT2D eigenvalue weighted by Gasteiger charge is 2.29. The Morgan fingerprint density at radius 1 is 1.09 bits per heavy atom. The first-order chi connectivity index (χ1) is 15.4. The Kier molecular flexibility index (Phi) is 6.51. The van der Waals surface area contributed by atoms with Crippen LogP contribution in [-0.4, -0.2) is 48.7 Å². The number of halogens is 1. The number of hydrogen-bond donors (Lipinski definition) is 0. The molecule has 0 unspecified atom stereocenters. The van der Waals surface area contributed by atoms with Crippen molar-refractivity contribution in [1.82, 2.24) is 8.87 Å². The molecule has 0 fully saturated rings. The predicted octanol–water partition coefficient (Wildman–Crippen LogP) is 5.01. The summed E-state index contributed by atoms with van der Waals surface area (Å²) >= 11 is 0. The summed E-state index contributed by atoms with van der Waals surface area (Å²) in [4.78, 5) is 24.4. The number of amides is 1. The van der Waals surface area contributed by atoms with Crippen LogP contribution in [0, 0.1) is 5.82 Å². The number of rotatable bonds is 4. The molecule has 10 heteroatoms. The Bertz CT molecular complexity index is 1310. The van der Waals surface area contributed by atoms with Crippen LogP contribution in [0.1, 0.15) is 27.7 Å². The monoisotopic (exact) mass is 476 g/mol. The quantitative estimate of drug-likeness (QED) is 0.526. The third-order valence-electron chi connectivity index (χ3n) is 4.78. The second-order valence-electron chi connectivity index (χ2n) is 8.22. The first-order valence-electron chi connectivity index (χ1n) is 10.1. The number of aromatic nitrogens is 1. The Labute approximate surface area is 191 Å². The van der Waals surface area contributed by atoms with Crippen molar-refractivity contribution in [2.45, 2.75) is 38.2 Å². The highest BCUT2D eigenvalue weighted by atomic mass is 32.2. The average molecular weight is 477 g/mol. The topological polar surface area (TPSA) is 94.9 Å². The van der Waals surface area contributed by atoms with Crippen molar-refractivity contribution in [2.75, 3.05) is 13.7 Å². The fourth-order valence-electron chi connectivity index (χ4n) is 3.32. The minimum Gasteiger partial charge on any atom is -0.452 e. The molecule has 0 aliphatic rings. The smallest absolute Gasteiger partial charge is 0.423 e. The Morgan fingerprint density at radius 2 is 1.73 bits per heavy atom. The van der Waals surface area contributed by atoms with E-state index in [1.165, 1.54) is 42.0 Å². The molecule has 3 rings (SSSR count). The first kappa shape index (κ1) is 24.2. The Hall–Kier alpha value is -3.40. The summed E-state index contributed by atoms with van der Waals surface area (Å²) in [6.07, 6.45) is -0.127. The highest BCUT2D eigenvalue weighted by molar-refractivity contribution is 7.89. The lowest BCUT2D eigenvalue weighted by molar-refractivity contribution is 0.0544. The molecule has 0 aliphatic carbocycles. The van der Waals surface area contributed by atoms with Crippen molar-refractivity contribution in [1.29, 1.82) is 0 Å². The molecule has 0 saturated carbocycles. The fraction of sp³-hybridized carbons (Fsp3) is 0.304. The maximum atomic E-state index is 13.9. The predicted molar refractivity (Wildman–Crippen MR) is 121 cm³/mol.